The molecule has 1 amide bonds. The smallest absolute Gasteiger partial charge is 0.338 e. The number of hydrogen-bond donors (Lipinski definition) is 1. The highest BCUT2D eigenvalue weighted by atomic mass is 32.2. The van der Waals surface area contributed by atoms with Crippen molar-refractivity contribution in [3.05, 3.63) is 59.9 Å². The third kappa shape index (κ3) is 5.38. The Bertz CT molecular complexity index is 877. The number of esters is 1. The predicted molar refractivity (Wildman–Crippen MR) is 94.1 cm³/mol. The Balaban J connectivity index is 1.92. The average Bonchev–Trinajstić information content (AvgIpc) is 2.61. The Morgan fingerprint density at radius 3 is 2.23 bits per heavy atom. The van der Waals surface area contributed by atoms with Crippen molar-refractivity contribution >= 4 is 27.4 Å². The van der Waals surface area contributed by atoms with Crippen molar-refractivity contribution in [1.82, 2.24) is 0 Å². The minimum absolute atomic E-state index is 0.0366. The third-order valence-corrected chi connectivity index (χ3v) is 5.18. The van der Waals surface area contributed by atoms with Crippen LogP contribution >= 0.6 is 0 Å². The number of sulfone groups is 1. The van der Waals surface area contributed by atoms with Crippen LogP contribution in [0, 0.1) is 5.82 Å². The first-order chi connectivity index (χ1) is 12.3. The second-order valence-electron chi connectivity index (χ2n) is 5.37. The SMILES string of the molecule is CCOC(=O)c1ccc(NC(=O)CCS(=O)(=O)c2ccc(F)cc2)cc1. The van der Waals surface area contributed by atoms with Gasteiger partial charge in [0.15, 0.2) is 9.84 Å². The van der Waals surface area contributed by atoms with Gasteiger partial charge in [-0.2, -0.15) is 0 Å². The largest absolute Gasteiger partial charge is 0.462 e. The first kappa shape index (κ1) is 19.6. The molecule has 0 aliphatic rings. The van der Waals surface area contributed by atoms with E-state index in [-0.39, 0.29) is 17.9 Å². The van der Waals surface area contributed by atoms with Crippen molar-refractivity contribution in [1.29, 1.82) is 0 Å². The zero-order valence-electron chi connectivity index (χ0n) is 14.1. The van der Waals surface area contributed by atoms with Gasteiger partial charge in [-0.05, 0) is 55.5 Å². The topological polar surface area (TPSA) is 89.5 Å². The van der Waals surface area contributed by atoms with Crippen LogP contribution in [0.1, 0.15) is 23.7 Å². The highest BCUT2D eigenvalue weighted by Gasteiger charge is 2.17. The summed E-state index contributed by atoms with van der Waals surface area (Å²) < 4.78 is 42.0. The Morgan fingerprint density at radius 1 is 1.04 bits per heavy atom. The van der Waals surface area contributed by atoms with E-state index in [0.29, 0.717) is 11.3 Å². The summed E-state index contributed by atoms with van der Waals surface area (Å²) >= 11 is 0. The molecule has 0 saturated heterocycles. The normalized spacial score (nSPS) is 11.0. The molecule has 2 aromatic carbocycles. The lowest BCUT2D eigenvalue weighted by Gasteiger charge is -2.07. The first-order valence-electron chi connectivity index (χ1n) is 7.87. The molecule has 1 N–H and O–H groups in total. The van der Waals surface area contributed by atoms with E-state index in [1.807, 2.05) is 0 Å². The molecule has 0 unspecified atom stereocenters. The molecule has 2 aromatic rings. The summed E-state index contributed by atoms with van der Waals surface area (Å²) in [5.41, 5.74) is 0.783. The number of carbonyl (C=O) groups excluding carboxylic acids is 2. The molecular formula is C18H18FNO5S. The van der Waals surface area contributed by atoms with Crippen molar-refractivity contribution in [2.45, 2.75) is 18.2 Å². The summed E-state index contributed by atoms with van der Waals surface area (Å²) in [6.07, 6.45) is -0.251. The van der Waals surface area contributed by atoms with Gasteiger partial charge in [-0.25, -0.2) is 17.6 Å². The number of halogens is 1. The lowest BCUT2D eigenvalue weighted by Crippen LogP contribution is -2.17. The average molecular weight is 379 g/mol. The van der Waals surface area contributed by atoms with Gasteiger partial charge in [0.1, 0.15) is 5.82 Å². The van der Waals surface area contributed by atoms with Crippen LogP contribution in [-0.4, -0.2) is 32.7 Å². The molecule has 0 aromatic heterocycles. The minimum Gasteiger partial charge on any atom is -0.462 e. The summed E-state index contributed by atoms with van der Waals surface area (Å²) in [6.45, 7) is 1.96. The van der Waals surface area contributed by atoms with E-state index in [4.69, 9.17) is 4.74 Å². The highest BCUT2D eigenvalue weighted by molar-refractivity contribution is 7.91. The van der Waals surface area contributed by atoms with Crippen LogP contribution in [0.15, 0.2) is 53.4 Å². The molecule has 8 heteroatoms. The maximum atomic E-state index is 12.9. The number of benzene rings is 2. The van der Waals surface area contributed by atoms with Gasteiger partial charge >= 0.3 is 5.97 Å². The van der Waals surface area contributed by atoms with Gasteiger partial charge < -0.3 is 10.1 Å². The molecule has 0 saturated carbocycles. The van der Waals surface area contributed by atoms with Gasteiger partial charge in [-0.1, -0.05) is 0 Å². The van der Waals surface area contributed by atoms with Crippen LogP contribution in [0.3, 0.4) is 0 Å². The quantitative estimate of drug-likeness (QED) is 0.590. The van der Waals surface area contributed by atoms with E-state index in [1.165, 1.54) is 24.3 Å². The molecule has 0 atom stereocenters. The molecule has 2 rings (SSSR count). The summed E-state index contributed by atoms with van der Waals surface area (Å²) in [5.74, 6) is -1.88. The lowest BCUT2D eigenvalue weighted by atomic mass is 10.2. The van der Waals surface area contributed by atoms with Gasteiger partial charge in [0.2, 0.25) is 5.91 Å². The minimum atomic E-state index is -3.68. The predicted octanol–water partition coefficient (Wildman–Crippen LogP) is 2.80. The molecule has 0 heterocycles. The van der Waals surface area contributed by atoms with Gasteiger partial charge in [0.25, 0.3) is 0 Å². The Hall–Kier alpha value is -2.74. The van der Waals surface area contributed by atoms with E-state index in [1.54, 1.807) is 6.92 Å². The van der Waals surface area contributed by atoms with Crippen LogP contribution in [0.5, 0.6) is 0 Å². The Labute approximate surface area is 150 Å². The van der Waals surface area contributed by atoms with Gasteiger partial charge in [-0.15, -0.1) is 0 Å². The molecule has 0 fully saturated rings. The number of carbonyl (C=O) groups is 2. The zero-order valence-corrected chi connectivity index (χ0v) is 14.9. The fourth-order valence-electron chi connectivity index (χ4n) is 2.11. The van der Waals surface area contributed by atoms with Crippen LogP contribution in [0.25, 0.3) is 0 Å². The van der Waals surface area contributed by atoms with Gasteiger partial charge in [0, 0.05) is 12.1 Å². The highest BCUT2D eigenvalue weighted by Crippen LogP contribution is 2.14. The number of ether oxygens (including phenoxy) is 1. The standard InChI is InChI=1S/C18H18FNO5S/c1-2-25-18(22)13-3-7-15(8-4-13)20-17(21)11-12-26(23,24)16-9-5-14(19)6-10-16/h3-10H,2,11-12H2,1H3,(H,20,21). The molecule has 0 aliphatic heterocycles. The van der Waals surface area contributed by atoms with Crippen LogP contribution in [0.2, 0.25) is 0 Å². The van der Waals surface area contributed by atoms with Crippen molar-refractivity contribution in [3.63, 3.8) is 0 Å². The van der Waals surface area contributed by atoms with Crippen molar-refractivity contribution in [3.8, 4) is 0 Å². The number of amides is 1. The number of anilines is 1. The fourth-order valence-corrected chi connectivity index (χ4v) is 3.35. The Morgan fingerprint density at radius 2 is 1.65 bits per heavy atom. The maximum Gasteiger partial charge on any atom is 0.338 e. The number of hydrogen-bond acceptors (Lipinski definition) is 5. The van der Waals surface area contributed by atoms with Gasteiger partial charge in [-0.3, -0.25) is 4.79 Å². The second-order valence-corrected chi connectivity index (χ2v) is 7.48. The lowest BCUT2D eigenvalue weighted by molar-refractivity contribution is -0.115. The summed E-state index contributed by atoms with van der Waals surface area (Å²) in [5, 5.41) is 2.56. The van der Waals surface area contributed by atoms with Crippen molar-refractivity contribution in [2.24, 2.45) is 0 Å². The number of nitrogens with one attached hydrogen (secondary N) is 1. The molecule has 6 nitrogen and oxygen atoms in total. The molecule has 0 aliphatic carbocycles. The van der Waals surface area contributed by atoms with Crippen LogP contribution in [0.4, 0.5) is 10.1 Å². The fraction of sp³-hybridized carbons (Fsp3) is 0.222. The zero-order chi connectivity index (χ0) is 19.2. The summed E-state index contributed by atoms with van der Waals surface area (Å²) in [4.78, 5) is 23.4. The van der Waals surface area contributed by atoms with Crippen LogP contribution in [-0.2, 0) is 19.4 Å². The molecule has 138 valence electrons. The first-order valence-corrected chi connectivity index (χ1v) is 9.52. The van der Waals surface area contributed by atoms with E-state index < -0.39 is 33.3 Å². The third-order valence-electron chi connectivity index (χ3n) is 3.45. The second kappa shape index (κ2) is 8.57. The monoisotopic (exact) mass is 379 g/mol. The van der Waals surface area contributed by atoms with Gasteiger partial charge in [0.05, 0.1) is 22.8 Å². The van der Waals surface area contributed by atoms with Crippen molar-refractivity contribution < 1.29 is 27.1 Å². The van der Waals surface area contributed by atoms with Crippen LogP contribution < -0.4 is 5.32 Å². The molecular weight excluding hydrogens is 361 g/mol. The maximum absolute atomic E-state index is 12.9. The Kier molecular flexibility index (Phi) is 6.46. The number of rotatable bonds is 7. The van der Waals surface area contributed by atoms with Crippen molar-refractivity contribution in [2.75, 3.05) is 17.7 Å². The van der Waals surface area contributed by atoms with E-state index in [2.05, 4.69) is 5.32 Å². The van der Waals surface area contributed by atoms with E-state index in [9.17, 15) is 22.4 Å². The molecule has 0 spiro atoms. The molecule has 26 heavy (non-hydrogen) atoms. The molecule has 0 radical (unpaired) electrons. The van der Waals surface area contributed by atoms with E-state index >= 15 is 0 Å². The summed E-state index contributed by atoms with van der Waals surface area (Å²) in [6, 6.07) is 10.5. The molecule has 0 bridgehead atoms. The summed E-state index contributed by atoms with van der Waals surface area (Å²) in [7, 11) is -3.68. The van der Waals surface area contributed by atoms with E-state index in [0.717, 1.165) is 24.3 Å².